The van der Waals surface area contributed by atoms with Crippen molar-refractivity contribution in [2.24, 2.45) is 7.05 Å². The highest BCUT2D eigenvalue weighted by Crippen LogP contribution is 2.30. The van der Waals surface area contributed by atoms with Gasteiger partial charge in [-0.25, -0.2) is 0 Å². The summed E-state index contributed by atoms with van der Waals surface area (Å²) in [6.45, 7) is 4.14. The van der Waals surface area contributed by atoms with Crippen LogP contribution < -0.4 is 14.8 Å². The zero-order valence-electron chi connectivity index (χ0n) is 16.2. The molecule has 0 unspecified atom stereocenters. The number of rotatable bonds is 5. The van der Waals surface area contributed by atoms with E-state index in [1.54, 1.807) is 43.2 Å². The van der Waals surface area contributed by atoms with Crippen molar-refractivity contribution >= 4 is 11.6 Å². The molecule has 2 aromatic carbocycles. The second-order valence-electron chi connectivity index (χ2n) is 6.36. The maximum absolute atomic E-state index is 12.6. The second kappa shape index (κ2) is 7.53. The van der Waals surface area contributed by atoms with Crippen LogP contribution in [0.4, 0.5) is 5.69 Å². The molecule has 1 N–H and O–H groups in total. The first-order valence-electron chi connectivity index (χ1n) is 8.58. The Labute approximate surface area is 158 Å². The van der Waals surface area contributed by atoms with E-state index in [1.165, 1.54) is 11.1 Å². The molecule has 3 rings (SSSR count). The van der Waals surface area contributed by atoms with Gasteiger partial charge >= 0.3 is 0 Å². The molecule has 0 radical (unpaired) electrons. The van der Waals surface area contributed by atoms with Gasteiger partial charge < -0.3 is 14.8 Å². The van der Waals surface area contributed by atoms with Crippen LogP contribution in [0.3, 0.4) is 0 Å². The molecule has 0 saturated carbocycles. The summed E-state index contributed by atoms with van der Waals surface area (Å²) >= 11 is 0. The van der Waals surface area contributed by atoms with E-state index in [0.29, 0.717) is 22.9 Å². The molecule has 0 aliphatic carbocycles. The molecule has 6 heteroatoms. The second-order valence-corrected chi connectivity index (χ2v) is 6.36. The molecule has 0 aliphatic rings. The van der Waals surface area contributed by atoms with Crippen molar-refractivity contribution in [1.82, 2.24) is 9.78 Å². The van der Waals surface area contributed by atoms with Gasteiger partial charge in [-0.15, -0.1) is 0 Å². The fraction of sp³-hybridized carbons (Fsp3) is 0.238. The number of carbonyl (C=O) groups excluding carboxylic acids is 1. The monoisotopic (exact) mass is 365 g/mol. The molecule has 27 heavy (non-hydrogen) atoms. The van der Waals surface area contributed by atoms with Crippen molar-refractivity contribution in [3.05, 3.63) is 59.3 Å². The van der Waals surface area contributed by atoms with E-state index in [9.17, 15) is 4.79 Å². The zero-order valence-corrected chi connectivity index (χ0v) is 16.2. The number of methoxy groups -OCH3 is 2. The summed E-state index contributed by atoms with van der Waals surface area (Å²) in [5.74, 6) is 0.866. The van der Waals surface area contributed by atoms with Gasteiger partial charge in [-0.3, -0.25) is 9.48 Å². The van der Waals surface area contributed by atoms with E-state index in [1.807, 2.05) is 13.1 Å². The van der Waals surface area contributed by atoms with E-state index >= 15 is 0 Å². The highest BCUT2D eigenvalue weighted by atomic mass is 16.5. The van der Waals surface area contributed by atoms with Crippen molar-refractivity contribution in [2.75, 3.05) is 19.5 Å². The normalized spacial score (nSPS) is 10.6. The molecular formula is C21H23N3O3. The number of aryl methyl sites for hydroxylation is 3. The Morgan fingerprint density at radius 2 is 1.70 bits per heavy atom. The van der Waals surface area contributed by atoms with Gasteiger partial charge in [-0.2, -0.15) is 5.10 Å². The van der Waals surface area contributed by atoms with E-state index in [2.05, 4.69) is 36.4 Å². The summed E-state index contributed by atoms with van der Waals surface area (Å²) in [6, 6.07) is 13.2. The maximum Gasteiger partial charge on any atom is 0.276 e. The van der Waals surface area contributed by atoms with Gasteiger partial charge in [-0.05, 0) is 49.2 Å². The van der Waals surface area contributed by atoms with Crippen LogP contribution in [0.25, 0.3) is 11.3 Å². The molecule has 1 heterocycles. The fourth-order valence-corrected chi connectivity index (χ4v) is 2.86. The summed E-state index contributed by atoms with van der Waals surface area (Å²) < 4.78 is 12.2. The molecule has 0 fully saturated rings. The number of anilines is 1. The number of ether oxygens (including phenoxy) is 2. The third-order valence-electron chi connectivity index (χ3n) is 4.56. The number of amides is 1. The van der Waals surface area contributed by atoms with Crippen molar-refractivity contribution in [2.45, 2.75) is 13.8 Å². The molecule has 0 saturated heterocycles. The van der Waals surface area contributed by atoms with Crippen molar-refractivity contribution in [3.63, 3.8) is 0 Å². The van der Waals surface area contributed by atoms with Crippen LogP contribution in [0.1, 0.15) is 21.6 Å². The van der Waals surface area contributed by atoms with Gasteiger partial charge in [0.05, 0.1) is 19.9 Å². The SMILES string of the molecule is COc1ccc(NC(=O)c2cc(-c3ccc(C)c(C)c3)n(C)n2)cc1OC. The average molecular weight is 365 g/mol. The third-order valence-corrected chi connectivity index (χ3v) is 4.56. The summed E-state index contributed by atoms with van der Waals surface area (Å²) in [5.41, 5.74) is 5.29. The third kappa shape index (κ3) is 3.79. The minimum atomic E-state index is -0.284. The Morgan fingerprint density at radius 3 is 2.37 bits per heavy atom. The molecule has 6 nitrogen and oxygen atoms in total. The van der Waals surface area contributed by atoms with E-state index in [4.69, 9.17) is 9.47 Å². The standard InChI is InChI=1S/C21H23N3O3/c1-13-6-7-15(10-14(13)2)18-12-17(23-24(18)3)21(25)22-16-8-9-19(26-4)20(11-16)27-5/h6-12H,1-5H3,(H,22,25). The molecule has 0 aliphatic heterocycles. The Balaban J connectivity index is 1.85. The quantitative estimate of drug-likeness (QED) is 0.743. The molecule has 3 aromatic rings. The van der Waals surface area contributed by atoms with Gasteiger partial charge in [0.15, 0.2) is 17.2 Å². The highest BCUT2D eigenvalue weighted by molar-refractivity contribution is 6.03. The van der Waals surface area contributed by atoms with E-state index in [0.717, 1.165) is 11.3 Å². The zero-order chi connectivity index (χ0) is 19.6. The number of hydrogen-bond donors (Lipinski definition) is 1. The Morgan fingerprint density at radius 1 is 0.963 bits per heavy atom. The van der Waals surface area contributed by atoms with Crippen LogP contribution in [-0.2, 0) is 7.05 Å². The Kier molecular flexibility index (Phi) is 5.16. The van der Waals surface area contributed by atoms with Crippen LogP contribution in [0, 0.1) is 13.8 Å². The first-order valence-corrected chi connectivity index (χ1v) is 8.58. The average Bonchev–Trinajstić information content (AvgIpc) is 3.05. The minimum absolute atomic E-state index is 0.284. The summed E-state index contributed by atoms with van der Waals surface area (Å²) in [7, 11) is 4.95. The molecule has 1 aromatic heterocycles. The highest BCUT2D eigenvalue weighted by Gasteiger charge is 2.15. The molecular weight excluding hydrogens is 342 g/mol. The smallest absolute Gasteiger partial charge is 0.276 e. The number of nitrogens with one attached hydrogen (secondary N) is 1. The lowest BCUT2D eigenvalue weighted by molar-refractivity contribution is 0.102. The predicted octanol–water partition coefficient (Wildman–Crippen LogP) is 3.97. The van der Waals surface area contributed by atoms with Crippen LogP contribution in [0.15, 0.2) is 42.5 Å². The number of nitrogens with zero attached hydrogens (tertiary/aromatic N) is 2. The van der Waals surface area contributed by atoms with Crippen molar-refractivity contribution < 1.29 is 14.3 Å². The minimum Gasteiger partial charge on any atom is -0.493 e. The first-order chi connectivity index (χ1) is 12.9. The fourth-order valence-electron chi connectivity index (χ4n) is 2.86. The van der Waals surface area contributed by atoms with Gasteiger partial charge in [0.2, 0.25) is 0 Å². The maximum atomic E-state index is 12.6. The summed E-state index contributed by atoms with van der Waals surface area (Å²) in [6.07, 6.45) is 0. The Bertz CT molecular complexity index is 992. The van der Waals surface area contributed by atoms with Crippen molar-refractivity contribution in [3.8, 4) is 22.8 Å². The first kappa shape index (κ1) is 18.5. The van der Waals surface area contributed by atoms with Gasteiger partial charge in [0, 0.05) is 24.4 Å². The molecule has 0 atom stereocenters. The van der Waals surface area contributed by atoms with Crippen molar-refractivity contribution in [1.29, 1.82) is 0 Å². The van der Waals surface area contributed by atoms with E-state index in [-0.39, 0.29) is 5.91 Å². The lowest BCUT2D eigenvalue weighted by Crippen LogP contribution is -2.13. The topological polar surface area (TPSA) is 65.4 Å². The number of hydrogen-bond acceptors (Lipinski definition) is 4. The summed E-state index contributed by atoms with van der Waals surface area (Å²) in [4.78, 5) is 12.6. The number of benzene rings is 2. The van der Waals surface area contributed by atoms with Gasteiger partial charge in [0.1, 0.15) is 0 Å². The number of aromatic nitrogens is 2. The lowest BCUT2D eigenvalue weighted by atomic mass is 10.0. The molecule has 1 amide bonds. The molecule has 0 spiro atoms. The number of carbonyl (C=O) groups is 1. The lowest BCUT2D eigenvalue weighted by Gasteiger charge is -2.09. The van der Waals surface area contributed by atoms with Gasteiger partial charge in [-0.1, -0.05) is 12.1 Å². The molecule has 0 bridgehead atoms. The van der Waals surface area contributed by atoms with Crippen LogP contribution >= 0.6 is 0 Å². The van der Waals surface area contributed by atoms with Crippen LogP contribution in [0.2, 0.25) is 0 Å². The predicted molar refractivity (Wildman–Crippen MR) is 106 cm³/mol. The summed E-state index contributed by atoms with van der Waals surface area (Å²) in [5, 5.41) is 7.21. The van der Waals surface area contributed by atoms with Crippen LogP contribution in [-0.4, -0.2) is 29.9 Å². The Hall–Kier alpha value is -3.28. The van der Waals surface area contributed by atoms with E-state index < -0.39 is 0 Å². The van der Waals surface area contributed by atoms with Crippen LogP contribution in [0.5, 0.6) is 11.5 Å². The molecule has 140 valence electrons. The van der Waals surface area contributed by atoms with Gasteiger partial charge in [0.25, 0.3) is 5.91 Å². The largest absolute Gasteiger partial charge is 0.493 e.